The zero-order valence-electron chi connectivity index (χ0n) is 15.6. The Morgan fingerprint density at radius 2 is 2.04 bits per heavy atom. The maximum absolute atomic E-state index is 11.9. The first kappa shape index (κ1) is 20.5. The zero-order valence-corrected chi connectivity index (χ0v) is 17.2. The van der Waals surface area contributed by atoms with Crippen molar-refractivity contribution >= 4 is 40.1 Å². The first-order chi connectivity index (χ1) is 12.4. The summed E-state index contributed by atoms with van der Waals surface area (Å²) in [6.45, 7) is 8.28. The third-order valence-corrected chi connectivity index (χ3v) is 5.81. The predicted molar refractivity (Wildman–Crippen MR) is 107 cm³/mol. The summed E-state index contributed by atoms with van der Waals surface area (Å²) in [6, 6.07) is 6.30. The average molecular weight is 393 g/mol. The summed E-state index contributed by atoms with van der Waals surface area (Å²) in [5.41, 5.74) is 3.19. The number of carbonyl (C=O) groups excluding carboxylic acids is 2. The number of hydrogen-bond donors (Lipinski definition) is 0. The Balaban J connectivity index is 1.76. The normalized spacial score (nSPS) is 10.6. The Kier molecular flexibility index (Phi) is 7.66. The molecule has 0 aliphatic carbocycles. The van der Waals surface area contributed by atoms with Crippen LogP contribution in [0.15, 0.2) is 28.5 Å². The molecule has 140 valence electrons. The number of rotatable bonds is 8. The lowest BCUT2D eigenvalue weighted by Gasteiger charge is -2.14. The van der Waals surface area contributed by atoms with E-state index in [1.54, 1.807) is 16.7 Å². The van der Waals surface area contributed by atoms with Gasteiger partial charge in [0.25, 0.3) is 0 Å². The molecule has 2 aromatic rings. The van der Waals surface area contributed by atoms with Crippen LogP contribution in [0.3, 0.4) is 0 Å². The van der Waals surface area contributed by atoms with Crippen molar-refractivity contribution in [2.75, 3.05) is 17.2 Å². The van der Waals surface area contributed by atoms with Crippen LogP contribution in [0.1, 0.15) is 37.1 Å². The Morgan fingerprint density at radius 3 is 2.69 bits per heavy atom. The van der Waals surface area contributed by atoms with Crippen LogP contribution in [0.5, 0.6) is 0 Å². The SMILES string of the molecule is CCN(C(C)=O)c1nc(COC(=O)CCSc2ccc(C)c(C)c2)cs1. The first-order valence-electron chi connectivity index (χ1n) is 8.49. The van der Waals surface area contributed by atoms with Crippen LogP contribution in [0, 0.1) is 13.8 Å². The third kappa shape index (κ3) is 5.85. The number of thioether (sulfide) groups is 1. The van der Waals surface area contributed by atoms with E-state index in [1.807, 2.05) is 12.3 Å². The van der Waals surface area contributed by atoms with Gasteiger partial charge in [-0.3, -0.25) is 14.5 Å². The highest BCUT2D eigenvalue weighted by Crippen LogP contribution is 2.23. The van der Waals surface area contributed by atoms with Crippen molar-refractivity contribution in [1.29, 1.82) is 0 Å². The van der Waals surface area contributed by atoms with E-state index in [4.69, 9.17) is 4.74 Å². The molecule has 0 spiro atoms. The number of thiazole rings is 1. The van der Waals surface area contributed by atoms with Crippen LogP contribution >= 0.6 is 23.1 Å². The fourth-order valence-electron chi connectivity index (χ4n) is 2.26. The lowest BCUT2D eigenvalue weighted by molar-refractivity contribution is -0.144. The second-order valence-corrected chi connectivity index (χ2v) is 7.89. The molecule has 0 N–H and O–H groups in total. The molecule has 7 heteroatoms. The van der Waals surface area contributed by atoms with E-state index in [0.717, 1.165) is 4.90 Å². The van der Waals surface area contributed by atoms with E-state index in [-0.39, 0.29) is 18.5 Å². The number of amides is 1. The Hall–Kier alpha value is -1.86. The van der Waals surface area contributed by atoms with Gasteiger partial charge in [-0.05, 0) is 44.0 Å². The summed E-state index contributed by atoms with van der Waals surface area (Å²) in [7, 11) is 0. The van der Waals surface area contributed by atoms with E-state index < -0.39 is 0 Å². The number of hydrogen-bond acceptors (Lipinski definition) is 6. The standard InChI is InChI=1S/C19H24N2O3S2/c1-5-21(15(4)22)19-20-16(12-26-19)11-24-18(23)8-9-25-17-7-6-13(2)14(3)10-17/h6-7,10,12H,5,8-9,11H2,1-4H3. The van der Waals surface area contributed by atoms with Gasteiger partial charge in [-0.15, -0.1) is 23.1 Å². The second kappa shape index (κ2) is 9.73. The molecule has 5 nitrogen and oxygen atoms in total. The van der Waals surface area contributed by atoms with E-state index in [9.17, 15) is 9.59 Å². The highest BCUT2D eigenvalue weighted by molar-refractivity contribution is 7.99. The summed E-state index contributed by atoms with van der Waals surface area (Å²) in [5, 5.41) is 2.45. The van der Waals surface area contributed by atoms with Crippen LogP contribution < -0.4 is 4.90 Å². The number of benzene rings is 1. The maximum Gasteiger partial charge on any atom is 0.307 e. The monoisotopic (exact) mass is 392 g/mol. The first-order valence-corrected chi connectivity index (χ1v) is 10.4. The fraction of sp³-hybridized carbons (Fsp3) is 0.421. The van der Waals surface area contributed by atoms with Crippen molar-refractivity contribution in [2.45, 2.75) is 45.6 Å². The number of nitrogens with zero attached hydrogens (tertiary/aromatic N) is 2. The Bertz CT molecular complexity index is 774. The van der Waals surface area contributed by atoms with Crippen LogP contribution in [-0.4, -0.2) is 29.2 Å². The van der Waals surface area contributed by atoms with Crippen LogP contribution in [0.2, 0.25) is 0 Å². The molecule has 0 atom stereocenters. The topological polar surface area (TPSA) is 59.5 Å². The van der Waals surface area contributed by atoms with Crippen LogP contribution in [0.25, 0.3) is 0 Å². The molecule has 1 aromatic carbocycles. The van der Waals surface area contributed by atoms with Crippen molar-refractivity contribution in [2.24, 2.45) is 0 Å². The van der Waals surface area contributed by atoms with E-state index in [1.165, 1.54) is 29.4 Å². The second-order valence-electron chi connectivity index (χ2n) is 5.89. The minimum absolute atomic E-state index is 0.0474. The highest BCUT2D eigenvalue weighted by Gasteiger charge is 2.14. The molecule has 1 heterocycles. The smallest absolute Gasteiger partial charge is 0.307 e. The van der Waals surface area contributed by atoms with Crippen molar-refractivity contribution in [3.05, 3.63) is 40.4 Å². The Morgan fingerprint density at radius 1 is 1.27 bits per heavy atom. The summed E-state index contributed by atoms with van der Waals surface area (Å²) < 4.78 is 5.28. The molecule has 0 aliphatic rings. The number of aryl methyl sites for hydroxylation is 2. The lowest BCUT2D eigenvalue weighted by atomic mass is 10.1. The van der Waals surface area contributed by atoms with Gasteiger partial charge in [0.1, 0.15) is 6.61 Å². The van der Waals surface area contributed by atoms with Gasteiger partial charge in [0.05, 0.1) is 12.1 Å². The molecule has 0 saturated carbocycles. The fourth-order valence-corrected chi connectivity index (χ4v) is 4.11. The van der Waals surface area contributed by atoms with Crippen molar-refractivity contribution in [3.63, 3.8) is 0 Å². The summed E-state index contributed by atoms with van der Waals surface area (Å²) in [6.07, 6.45) is 0.350. The van der Waals surface area contributed by atoms with E-state index in [0.29, 0.717) is 29.5 Å². The van der Waals surface area contributed by atoms with Gasteiger partial charge in [0.15, 0.2) is 5.13 Å². The van der Waals surface area contributed by atoms with Gasteiger partial charge in [0, 0.05) is 29.5 Å². The van der Waals surface area contributed by atoms with Gasteiger partial charge in [-0.25, -0.2) is 4.98 Å². The van der Waals surface area contributed by atoms with Crippen LogP contribution in [-0.2, 0) is 20.9 Å². The summed E-state index contributed by atoms with van der Waals surface area (Å²) >= 11 is 3.03. The van der Waals surface area contributed by atoms with Gasteiger partial charge < -0.3 is 4.74 Å². The quantitative estimate of drug-likeness (QED) is 0.493. The number of anilines is 1. The molecular formula is C19H24N2O3S2. The van der Waals surface area contributed by atoms with Gasteiger partial charge in [0.2, 0.25) is 5.91 Å². The number of ether oxygens (including phenoxy) is 1. The minimum Gasteiger partial charge on any atom is -0.459 e. The van der Waals surface area contributed by atoms with Gasteiger partial charge >= 0.3 is 5.97 Å². The minimum atomic E-state index is -0.241. The van der Waals surface area contributed by atoms with E-state index >= 15 is 0 Å². The molecule has 0 saturated heterocycles. The Labute approximate surface area is 162 Å². The molecule has 1 aromatic heterocycles. The molecule has 2 rings (SSSR count). The maximum atomic E-state index is 11.9. The average Bonchev–Trinajstić information content (AvgIpc) is 3.05. The summed E-state index contributed by atoms with van der Waals surface area (Å²) in [5.74, 6) is 0.390. The highest BCUT2D eigenvalue weighted by atomic mass is 32.2. The number of aromatic nitrogens is 1. The van der Waals surface area contributed by atoms with Gasteiger partial charge in [-0.1, -0.05) is 6.07 Å². The van der Waals surface area contributed by atoms with Crippen molar-refractivity contribution in [1.82, 2.24) is 4.98 Å². The summed E-state index contributed by atoms with van der Waals surface area (Å²) in [4.78, 5) is 30.6. The third-order valence-electron chi connectivity index (χ3n) is 3.90. The van der Waals surface area contributed by atoms with Crippen LogP contribution in [0.4, 0.5) is 5.13 Å². The van der Waals surface area contributed by atoms with Gasteiger partial charge in [-0.2, -0.15) is 0 Å². The molecule has 1 amide bonds. The molecule has 26 heavy (non-hydrogen) atoms. The van der Waals surface area contributed by atoms with Crippen molar-refractivity contribution < 1.29 is 14.3 Å². The largest absolute Gasteiger partial charge is 0.459 e. The molecule has 0 aliphatic heterocycles. The predicted octanol–water partition coefficient (Wildman–Crippen LogP) is 4.36. The molecular weight excluding hydrogens is 368 g/mol. The zero-order chi connectivity index (χ0) is 19.1. The molecule has 0 bridgehead atoms. The van der Waals surface area contributed by atoms with E-state index in [2.05, 4.69) is 37.0 Å². The molecule has 0 radical (unpaired) electrons. The molecule has 0 fully saturated rings. The lowest BCUT2D eigenvalue weighted by Crippen LogP contribution is -2.27. The molecule has 0 unspecified atom stereocenters. The number of carbonyl (C=O) groups is 2. The number of esters is 1. The van der Waals surface area contributed by atoms with Crippen molar-refractivity contribution in [3.8, 4) is 0 Å².